The Morgan fingerprint density at radius 3 is 2.44 bits per heavy atom. The van der Waals surface area contributed by atoms with Gasteiger partial charge in [0, 0.05) is 10.6 Å². The van der Waals surface area contributed by atoms with Gasteiger partial charge >= 0.3 is 0 Å². The highest BCUT2D eigenvalue weighted by molar-refractivity contribution is 6.30. The average Bonchev–Trinajstić information content (AvgIpc) is 3.45. The van der Waals surface area contributed by atoms with E-state index in [4.69, 9.17) is 26.4 Å². The Hall–Kier alpha value is -4.17. The molecule has 0 saturated heterocycles. The first-order chi connectivity index (χ1) is 16.6. The second-order valence-electron chi connectivity index (χ2n) is 7.97. The average molecular weight is 470 g/mol. The fourth-order valence-corrected chi connectivity index (χ4v) is 4.44. The smallest absolute Gasteiger partial charge is 0.253 e. The summed E-state index contributed by atoms with van der Waals surface area (Å²) >= 11 is 6.13. The molecule has 168 valence electrons. The third kappa shape index (κ3) is 3.22. The van der Waals surface area contributed by atoms with Crippen LogP contribution in [0.4, 0.5) is 11.5 Å². The fraction of sp³-hybridized carbons (Fsp3) is 0.120. The van der Waals surface area contributed by atoms with E-state index in [1.54, 1.807) is 12.1 Å². The maximum absolute atomic E-state index is 6.13. The zero-order valence-corrected chi connectivity index (χ0v) is 19.3. The summed E-state index contributed by atoms with van der Waals surface area (Å²) in [5.41, 5.74) is 4.55. The van der Waals surface area contributed by atoms with Crippen LogP contribution in [-0.2, 0) is 0 Å². The number of para-hydroxylation sites is 1. The third-order valence-electron chi connectivity index (χ3n) is 5.91. The van der Waals surface area contributed by atoms with Crippen LogP contribution in [0.2, 0.25) is 5.02 Å². The number of rotatable bonds is 4. The van der Waals surface area contributed by atoms with Crippen LogP contribution in [0.5, 0.6) is 5.75 Å². The summed E-state index contributed by atoms with van der Waals surface area (Å²) in [6.45, 7) is 1.99. The second-order valence-corrected chi connectivity index (χ2v) is 8.41. The van der Waals surface area contributed by atoms with E-state index in [9.17, 15) is 0 Å². The Morgan fingerprint density at radius 1 is 0.882 bits per heavy atom. The molecule has 4 aromatic rings. The van der Waals surface area contributed by atoms with E-state index in [0.29, 0.717) is 11.0 Å². The molecule has 3 aromatic carbocycles. The number of hydrogen-bond donors (Lipinski definition) is 0. The monoisotopic (exact) mass is 469 g/mol. The van der Waals surface area contributed by atoms with Crippen LogP contribution in [0.3, 0.4) is 0 Å². The maximum Gasteiger partial charge on any atom is 0.253 e. The summed E-state index contributed by atoms with van der Waals surface area (Å²) in [7, 11) is 1.66. The molecule has 9 heteroatoms. The molecule has 6 rings (SSSR count). The van der Waals surface area contributed by atoms with E-state index in [2.05, 4.69) is 16.5 Å². The molecule has 3 heterocycles. The number of methoxy groups -OCH3 is 1. The van der Waals surface area contributed by atoms with Crippen LogP contribution < -0.4 is 9.75 Å². The highest BCUT2D eigenvalue weighted by Gasteiger charge is 2.42. The lowest BCUT2D eigenvalue weighted by atomic mass is 9.96. The number of ether oxygens (including phenoxy) is 1. The number of guanidine groups is 1. The molecular formula is C25H20ClN7O. The van der Waals surface area contributed by atoms with Crippen LogP contribution in [0.15, 0.2) is 94.3 Å². The molecule has 34 heavy (non-hydrogen) atoms. The lowest BCUT2D eigenvalue weighted by Gasteiger charge is -2.31. The quantitative estimate of drug-likeness (QED) is 0.365. The Morgan fingerprint density at radius 2 is 1.68 bits per heavy atom. The number of aliphatic imine (C=N–C) groups is 1. The van der Waals surface area contributed by atoms with Gasteiger partial charge in [-0.2, -0.15) is 20.1 Å². The van der Waals surface area contributed by atoms with Crippen molar-refractivity contribution in [3.8, 4) is 11.4 Å². The zero-order valence-electron chi connectivity index (χ0n) is 18.5. The number of halogens is 1. The first-order valence-electron chi connectivity index (χ1n) is 10.8. The SMILES string of the molecule is COc1cccc(C2c3c(C)nn(-c4ccc(Cl)cc4)c3N=C3N(c4ccccc4)N=NN32)c1. The summed E-state index contributed by atoms with van der Waals surface area (Å²) in [5.74, 6) is 2.09. The third-order valence-corrected chi connectivity index (χ3v) is 6.16. The van der Waals surface area contributed by atoms with Crippen molar-refractivity contribution in [2.45, 2.75) is 13.0 Å². The lowest BCUT2D eigenvalue weighted by molar-refractivity contribution is 0.362. The number of hydrogen-bond acceptors (Lipinski definition) is 7. The van der Waals surface area contributed by atoms with Gasteiger partial charge in [0.25, 0.3) is 5.96 Å². The molecule has 2 aliphatic heterocycles. The van der Waals surface area contributed by atoms with Crippen molar-refractivity contribution in [3.63, 3.8) is 0 Å². The first kappa shape index (κ1) is 20.4. The second kappa shape index (κ2) is 8.00. The van der Waals surface area contributed by atoms with E-state index in [0.717, 1.165) is 39.8 Å². The molecule has 1 atom stereocenters. The molecule has 0 radical (unpaired) electrons. The largest absolute Gasteiger partial charge is 0.497 e. The summed E-state index contributed by atoms with van der Waals surface area (Å²) < 4.78 is 7.35. The van der Waals surface area contributed by atoms with E-state index in [1.807, 2.05) is 89.4 Å². The van der Waals surface area contributed by atoms with Crippen molar-refractivity contribution in [2.75, 3.05) is 12.1 Å². The summed E-state index contributed by atoms with van der Waals surface area (Å²) in [4.78, 5) is 5.02. The molecule has 0 amide bonds. The van der Waals surface area contributed by atoms with Gasteiger partial charge in [-0.25, -0.2) is 4.68 Å². The van der Waals surface area contributed by atoms with E-state index < -0.39 is 0 Å². The van der Waals surface area contributed by atoms with Crippen molar-refractivity contribution in [2.24, 2.45) is 15.4 Å². The summed E-state index contributed by atoms with van der Waals surface area (Å²) in [6, 6.07) is 25.1. The van der Waals surface area contributed by atoms with Crippen molar-refractivity contribution >= 4 is 29.1 Å². The van der Waals surface area contributed by atoms with Crippen molar-refractivity contribution in [3.05, 3.63) is 101 Å². The van der Waals surface area contributed by atoms with Crippen LogP contribution in [0, 0.1) is 6.92 Å². The van der Waals surface area contributed by atoms with E-state index in [-0.39, 0.29) is 6.04 Å². The predicted molar refractivity (Wildman–Crippen MR) is 131 cm³/mol. The molecule has 0 bridgehead atoms. The molecule has 1 unspecified atom stereocenters. The highest BCUT2D eigenvalue weighted by atomic mass is 35.5. The van der Waals surface area contributed by atoms with Gasteiger partial charge in [-0.1, -0.05) is 41.9 Å². The summed E-state index contributed by atoms with van der Waals surface area (Å²) in [5, 5.41) is 18.1. The van der Waals surface area contributed by atoms with Crippen molar-refractivity contribution < 1.29 is 4.74 Å². The minimum Gasteiger partial charge on any atom is -0.497 e. The topological polar surface area (TPSA) is 70.6 Å². The highest BCUT2D eigenvalue weighted by Crippen LogP contribution is 2.45. The van der Waals surface area contributed by atoms with Gasteiger partial charge in [0.1, 0.15) is 11.8 Å². The van der Waals surface area contributed by atoms with E-state index in [1.165, 1.54) is 0 Å². The molecule has 8 nitrogen and oxygen atoms in total. The molecule has 0 saturated carbocycles. The molecule has 0 spiro atoms. The van der Waals surface area contributed by atoms with E-state index >= 15 is 0 Å². The number of nitrogens with zero attached hydrogens (tertiary/aromatic N) is 7. The first-order valence-corrected chi connectivity index (χ1v) is 11.2. The standard InChI is InChI=1S/C25H20ClN7O/c1-16-22-23(17-7-6-10-21(15-17)34-2)33-25(32(29-30-33)19-8-4-3-5-9-19)27-24(22)31(28-16)20-13-11-18(26)12-14-20/h3-15,23H,1-2H3. The van der Waals surface area contributed by atoms with Gasteiger partial charge in [-0.15, -0.1) is 0 Å². The molecular weight excluding hydrogens is 450 g/mol. The number of aromatic nitrogens is 2. The van der Waals surface area contributed by atoms with Gasteiger partial charge in [0.2, 0.25) is 0 Å². The fourth-order valence-electron chi connectivity index (χ4n) is 4.32. The van der Waals surface area contributed by atoms with Crippen LogP contribution in [-0.4, -0.2) is 27.9 Å². The Balaban J connectivity index is 1.57. The predicted octanol–water partition coefficient (Wildman–Crippen LogP) is 6.04. The van der Waals surface area contributed by atoms with Crippen molar-refractivity contribution in [1.82, 2.24) is 14.8 Å². The number of fused-ring (bicyclic) bond motifs is 2. The maximum atomic E-state index is 6.13. The molecule has 1 aromatic heterocycles. The van der Waals surface area contributed by atoms with Crippen molar-refractivity contribution in [1.29, 1.82) is 0 Å². The minimum absolute atomic E-state index is 0.281. The van der Waals surface area contributed by atoms with Gasteiger partial charge in [0.15, 0.2) is 5.82 Å². The Labute approximate surface area is 201 Å². The lowest BCUT2D eigenvalue weighted by Crippen LogP contribution is -2.38. The molecule has 0 fully saturated rings. The number of benzene rings is 3. The normalized spacial score (nSPS) is 16.3. The zero-order chi connectivity index (χ0) is 23.2. The van der Waals surface area contributed by atoms with Gasteiger partial charge in [0.05, 0.1) is 24.2 Å². The molecule has 0 aliphatic carbocycles. The molecule has 2 aliphatic rings. The Bertz CT molecular complexity index is 1430. The van der Waals surface area contributed by atoms with Crippen LogP contribution in [0.25, 0.3) is 5.69 Å². The summed E-state index contributed by atoms with van der Waals surface area (Å²) in [6.07, 6.45) is 0. The van der Waals surface area contributed by atoms with Crippen LogP contribution >= 0.6 is 11.6 Å². The van der Waals surface area contributed by atoms with Crippen LogP contribution in [0.1, 0.15) is 22.9 Å². The van der Waals surface area contributed by atoms with Gasteiger partial charge in [-0.05, 0) is 71.5 Å². The van der Waals surface area contributed by atoms with Gasteiger partial charge < -0.3 is 4.74 Å². The Kier molecular flexibility index (Phi) is 4.81. The van der Waals surface area contributed by atoms with Gasteiger partial charge in [-0.3, -0.25) is 0 Å². The number of aryl methyl sites for hydroxylation is 1. The minimum atomic E-state index is -0.281. The number of anilines is 1. The molecule has 0 N–H and O–H groups in total.